The number of anilines is 1. The van der Waals surface area contributed by atoms with Gasteiger partial charge in [0, 0.05) is 67.2 Å². The van der Waals surface area contributed by atoms with Gasteiger partial charge in [-0.05, 0) is 65.8 Å². The van der Waals surface area contributed by atoms with Crippen molar-refractivity contribution in [2.45, 2.75) is 71.4 Å². The SMILES string of the molecule is C=C(NCc1ccc(-c2scnc2C)cc1)[C@@H]1C[C@@H](O)CN1C(=O)[C@@H](NC(=O)COCCOc1ccc(-c2cnc3[nH]cc(C(=O)c4c(F)ccc(NS(=O)(=O)N5CC[C@@H](F)C5)c4F)c3c2)cc1)C(C)(C)C. The number of nitrogens with zero attached hydrogens (tertiary/aromatic N) is 4. The second kappa shape index (κ2) is 21.6. The van der Waals surface area contributed by atoms with E-state index >= 15 is 8.78 Å². The number of aromatic amines is 1. The molecular weight excluding hydrogens is 974 g/mol. The molecule has 0 saturated carbocycles. The number of aliphatic hydroxyl groups excluding tert-OH is 1. The van der Waals surface area contributed by atoms with E-state index in [0.29, 0.717) is 35.5 Å². The number of β-amino-alcohol motifs (C(OH)–C–C–N with tert-alkyl or cyclic N) is 1. The van der Waals surface area contributed by atoms with Crippen LogP contribution >= 0.6 is 11.3 Å². The van der Waals surface area contributed by atoms with Crippen molar-refractivity contribution in [2.24, 2.45) is 5.41 Å². The van der Waals surface area contributed by atoms with Crippen LogP contribution in [0, 0.1) is 24.0 Å². The molecule has 3 aromatic heterocycles. The molecular formula is C51H55F3N8O8S2. The minimum Gasteiger partial charge on any atom is -0.491 e. The van der Waals surface area contributed by atoms with E-state index in [9.17, 15) is 32.3 Å². The zero-order chi connectivity index (χ0) is 51.5. The number of thiazole rings is 1. The van der Waals surface area contributed by atoms with Crippen molar-refractivity contribution in [3.8, 4) is 27.3 Å². The number of hydrogen-bond acceptors (Lipinski definition) is 12. The van der Waals surface area contributed by atoms with Crippen LogP contribution in [0.4, 0.5) is 18.9 Å². The van der Waals surface area contributed by atoms with Crippen molar-refractivity contribution in [1.82, 2.24) is 34.8 Å². The third-order valence-electron chi connectivity index (χ3n) is 12.5. The Labute approximate surface area is 418 Å². The van der Waals surface area contributed by atoms with E-state index in [2.05, 4.69) is 32.2 Å². The van der Waals surface area contributed by atoms with Gasteiger partial charge in [0.1, 0.15) is 42.6 Å². The van der Waals surface area contributed by atoms with Crippen molar-refractivity contribution >= 4 is 55.9 Å². The third kappa shape index (κ3) is 11.7. The topological polar surface area (TPSA) is 208 Å². The molecule has 2 aliphatic heterocycles. The van der Waals surface area contributed by atoms with Crippen molar-refractivity contribution < 1.29 is 50.6 Å². The Morgan fingerprint density at radius 3 is 2.42 bits per heavy atom. The van der Waals surface area contributed by atoms with Gasteiger partial charge in [-0.1, -0.05) is 63.7 Å². The normalized spacial score (nSPS) is 17.8. The predicted molar refractivity (Wildman–Crippen MR) is 267 cm³/mol. The second-order valence-electron chi connectivity index (χ2n) is 18.8. The average Bonchev–Trinajstić information content (AvgIpc) is 4.18. The van der Waals surface area contributed by atoms with Crippen LogP contribution in [0.1, 0.15) is 60.8 Å². The Bertz CT molecular complexity index is 3090. The largest absolute Gasteiger partial charge is 0.491 e. The number of amides is 2. The number of carbonyl (C=O) groups excluding carboxylic acids is 3. The van der Waals surface area contributed by atoms with Crippen LogP contribution in [0.15, 0.2) is 96.9 Å². The molecule has 72 heavy (non-hydrogen) atoms. The van der Waals surface area contributed by atoms with Crippen LogP contribution in [0.3, 0.4) is 0 Å². The van der Waals surface area contributed by atoms with Crippen LogP contribution < -0.4 is 20.1 Å². The first-order chi connectivity index (χ1) is 34.3. The van der Waals surface area contributed by atoms with E-state index in [1.165, 1.54) is 6.20 Å². The number of H-pyrrole nitrogens is 1. The van der Waals surface area contributed by atoms with E-state index in [-0.39, 0.29) is 61.8 Å². The minimum absolute atomic E-state index is 0.0190. The van der Waals surface area contributed by atoms with E-state index in [0.717, 1.165) is 38.1 Å². The summed E-state index contributed by atoms with van der Waals surface area (Å²) >= 11 is 1.59. The maximum Gasteiger partial charge on any atom is 0.301 e. The number of aromatic nitrogens is 3. The molecule has 0 unspecified atom stereocenters. The molecule has 0 spiro atoms. The van der Waals surface area contributed by atoms with Crippen molar-refractivity contribution in [3.05, 3.63) is 131 Å². The molecule has 2 amide bonds. The maximum absolute atomic E-state index is 15.7. The first-order valence-electron chi connectivity index (χ1n) is 23.2. The standard InChI is InChI=1S/C51H55F3N8O8S2/c1-29(55-22-31-6-8-33(9-7-31)47-30(2)58-28-71-47)42-21-36(63)26-62(42)50(66)48(51(3,4)5)59-43(64)27-69-18-19-70-37-12-10-32(11-13-37)34-20-38-39(24-57-49(38)56-23-34)46(65)44-40(53)14-15-41(45(44)54)60-72(67,68)61-17-16-35(52)25-61/h6-15,20,23-24,28,35-36,42,48,55,60,63H,1,16-19,21-22,25-27H2,2-5H3,(H,56,57)(H,59,64)/t35-,36-,42+,48-/m1/s1. The number of halogens is 3. The van der Waals surface area contributed by atoms with E-state index < -0.39 is 81.1 Å². The lowest BCUT2D eigenvalue weighted by Crippen LogP contribution is -2.57. The average molecular weight is 1030 g/mol. The fourth-order valence-corrected chi connectivity index (χ4v) is 10.7. The number of hydrogen-bond donors (Lipinski definition) is 5. The fourth-order valence-electron chi connectivity index (χ4n) is 8.65. The smallest absolute Gasteiger partial charge is 0.301 e. The lowest BCUT2D eigenvalue weighted by Gasteiger charge is -2.36. The number of benzene rings is 3. The minimum atomic E-state index is -4.39. The molecule has 2 saturated heterocycles. The number of rotatable bonds is 19. The Balaban J connectivity index is 0.822. The van der Waals surface area contributed by atoms with Crippen LogP contribution in [-0.2, 0) is 31.1 Å². The van der Waals surface area contributed by atoms with Gasteiger partial charge in [0.05, 0.1) is 46.1 Å². The summed E-state index contributed by atoms with van der Waals surface area (Å²) in [5, 5.41) is 17.1. The lowest BCUT2D eigenvalue weighted by molar-refractivity contribution is -0.141. The zero-order valence-electron chi connectivity index (χ0n) is 40.0. The summed E-state index contributed by atoms with van der Waals surface area (Å²) in [4.78, 5) is 55.3. The van der Waals surface area contributed by atoms with Gasteiger partial charge in [-0.15, -0.1) is 11.3 Å². The number of pyridine rings is 1. The summed E-state index contributed by atoms with van der Waals surface area (Å²) in [7, 11) is -4.39. The van der Waals surface area contributed by atoms with E-state index in [1.54, 1.807) is 52.8 Å². The van der Waals surface area contributed by atoms with E-state index in [4.69, 9.17) is 9.47 Å². The number of fused-ring (bicyclic) bond motifs is 1. The van der Waals surface area contributed by atoms with Gasteiger partial charge in [0.2, 0.25) is 17.6 Å². The molecule has 5 heterocycles. The van der Waals surface area contributed by atoms with Crippen LogP contribution in [0.2, 0.25) is 0 Å². The maximum atomic E-state index is 15.7. The van der Waals surface area contributed by atoms with Gasteiger partial charge in [-0.2, -0.15) is 12.7 Å². The van der Waals surface area contributed by atoms with Crippen LogP contribution in [0.5, 0.6) is 5.75 Å². The number of nitrogens with one attached hydrogen (secondary N) is 4. The molecule has 3 aromatic carbocycles. The Hall–Kier alpha value is -6.65. The quantitative estimate of drug-likeness (QED) is 0.0410. The molecule has 2 aliphatic rings. The lowest BCUT2D eigenvalue weighted by atomic mass is 9.85. The molecule has 16 nitrogen and oxygen atoms in total. The summed E-state index contributed by atoms with van der Waals surface area (Å²) in [5.74, 6) is -4.06. The highest BCUT2D eigenvalue weighted by Gasteiger charge is 2.43. The molecule has 8 rings (SSSR count). The number of ketones is 1. The molecule has 380 valence electrons. The number of aliphatic hydroxyl groups is 1. The molecule has 0 aliphatic carbocycles. The molecule has 2 fully saturated rings. The van der Waals surface area contributed by atoms with Gasteiger partial charge in [-0.25, -0.2) is 23.1 Å². The molecule has 0 bridgehead atoms. The van der Waals surface area contributed by atoms with Crippen molar-refractivity contribution in [1.29, 1.82) is 0 Å². The summed E-state index contributed by atoms with van der Waals surface area (Å²) in [6.45, 7) is 11.6. The Morgan fingerprint density at radius 2 is 1.74 bits per heavy atom. The Morgan fingerprint density at radius 1 is 1.00 bits per heavy atom. The van der Waals surface area contributed by atoms with Gasteiger partial charge < -0.3 is 35.1 Å². The monoisotopic (exact) mass is 1030 g/mol. The molecule has 5 N–H and O–H groups in total. The molecule has 0 radical (unpaired) electrons. The first kappa shape index (κ1) is 51.7. The van der Waals surface area contributed by atoms with Gasteiger partial charge in [-0.3, -0.25) is 19.1 Å². The summed E-state index contributed by atoms with van der Waals surface area (Å²) in [6.07, 6.45) is 0.952. The van der Waals surface area contributed by atoms with Crippen molar-refractivity contribution in [2.75, 3.05) is 44.2 Å². The van der Waals surface area contributed by atoms with Gasteiger partial charge >= 0.3 is 10.2 Å². The highest BCUT2D eigenvalue weighted by atomic mass is 32.2. The molecule has 6 aromatic rings. The predicted octanol–water partition coefficient (Wildman–Crippen LogP) is 7.06. The zero-order valence-corrected chi connectivity index (χ0v) is 41.6. The summed E-state index contributed by atoms with van der Waals surface area (Å²) in [6, 6.07) is 16.8. The summed E-state index contributed by atoms with van der Waals surface area (Å²) in [5.41, 5.74) is 4.52. The number of aryl methyl sites for hydroxylation is 1. The molecule has 21 heteroatoms. The number of alkyl halides is 1. The van der Waals surface area contributed by atoms with E-state index in [1.807, 2.05) is 62.2 Å². The van der Waals surface area contributed by atoms with Crippen molar-refractivity contribution in [3.63, 3.8) is 0 Å². The number of carbonyl (C=O) groups is 3. The third-order valence-corrected chi connectivity index (χ3v) is 15.0. The van der Waals surface area contributed by atoms with Gasteiger partial charge in [0.15, 0.2) is 5.82 Å². The fraction of sp³-hybridized carbons (Fsp3) is 0.353. The number of ether oxygens (including phenoxy) is 2. The van der Waals surface area contributed by atoms with Gasteiger partial charge in [0.25, 0.3) is 0 Å². The van der Waals surface area contributed by atoms with Crippen LogP contribution in [0.25, 0.3) is 32.6 Å². The highest BCUT2D eigenvalue weighted by Crippen LogP contribution is 2.33. The first-order valence-corrected chi connectivity index (χ1v) is 25.5. The molecule has 4 atom stereocenters. The Kier molecular flexibility index (Phi) is 15.5. The summed E-state index contributed by atoms with van der Waals surface area (Å²) < 4.78 is 84.4. The number of likely N-dealkylation sites (tertiary alicyclic amines) is 1. The van der Waals surface area contributed by atoms with Crippen LogP contribution in [-0.4, -0.2) is 119 Å². The second-order valence-corrected chi connectivity index (χ2v) is 21.3. The highest BCUT2D eigenvalue weighted by molar-refractivity contribution is 7.90.